The van der Waals surface area contributed by atoms with Gasteiger partial charge in [-0.05, 0) is 42.8 Å². The van der Waals surface area contributed by atoms with E-state index < -0.39 is 33.6 Å². The zero-order chi connectivity index (χ0) is 27.1. The Balaban J connectivity index is 1.63. The second kappa shape index (κ2) is 9.20. The smallest absolute Gasteiger partial charge is 0.405 e. The van der Waals surface area contributed by atoms with E-state index in [0.29, 0.717) is 11.3 Å². The maximum Gasteiger partial charge on any atom is 0.493 e. The highest BCUT2D eigenvalue weighted by atomic mass is 32.2. The number of carbonyl (C=O) groups is 1. The fourth-order valence-corrected chi connectivity index (χ4v) is 4.15. The van der Waals surface area contributed by atoms with Gasteiger partial charge in [0.2, 0.25) is 5.95 Å². The van der Waals surface area contributed by atoms with E-state index in [-0.39, 0.29) is 38.2 Å². The number of carbonyl (C=O) groups excluding carboxylic acids is 1. The van der Waals surface area contributed by atoms with Gasteiger partial charge in [-0.2, -0.15) is 18.2 Å². The Hall–Kier alpha value is -4.47. The highest BCUT2D eigenvalue weighted by Crippen LogP contribution is 2.26. The Morgan fingerprint density at radius 2 is 1.78 bits per heavy atom. The van der Waals surface area contributed by atoms with Crippen molar-refractivity contribution >= 4 is 50.0 Å². The summed E-state index contributed by atoms with van der Waals surface area (Å²) in [5, 5.41) is 5.33. The lowest BCUT2D eigenvalue weighted by molar-refractivity contribution is -0.200. The Labute approximate surface area is 204 Å². The summed E-state index contributed by atoms with van der Waals surface area (Å²) in [6.45, 7) is 1.62. The molecule has 0 aliphatic heterocycles. The summed E-state index contributed by atoms with van der Waals surface area (Å²) in [7, 11) is -3.52. The fourth-order valence-electron chi connectivity index (χ4n) is 3.15. The number of nitrogens with one attached hydrogen (secondary N) is 2. The molecule has 37 heavy (non-hydrogen) atoms. The number of aryl methyl sites for hydroxylation is 1. The minimum atomic E-state index is -5.37. The third kappa shape index (κ3) is 5.53. The van der Waals surface area contributed by atoms with E-state index in [9.17, 15) is 35.6 Å². The van der Waals surface area contributed by atoms with Crippen molar-refractivity contribution in [2.45, 2.75) is 18.0 Å². The monoisotopic (exact) mass is 541 g/mol. The molecule has 0 bridgehead atoms. The van der Waals surface area contributed by atoms with Gasteiger partial charge in [-0.15, -0.1) is 0 Å². The largest absolute Gasteiger partial charge is 0.493 e. The molecule has 4 aromatic rings. The minimum absolute atomic E-state index is 0.0103. The van der Waals surface area contributed by atoms with Crippen LogP contribution in [-0.4, -0.2) is 41.5 Å². The van der Waals surface area contributed by atoms with Crippen LogP contribution in [0.25, 0.3) is 11.1 Å². The molecule has 16 heteroatoms. The van der Waals surface area contributed by atoms with Gasteiger partial charge in [-0.1, -0.05) is 10.8 Å². The van der Waals surface area contributed by atoms with Gasteiger partial charge in [-0.25, -0.2) is 27.4 Å². The minimum Gasteiger partial charge on any atom is -0.405 e. The second-order valence-electron chi connectivity index (χ2n) is 7.61. The number of hydrogen-bond acceptors (Lipinski definition) is 10. The van der Waals surface area contributed by atoms with E-state index in [1.165, 1.54) is 18.2 Å². The van der Waals surface area contributed by atoms with Gasteiger partial charge in [-0.3, -0.25) is 0 Å². The first-order valence-corrected chi connectivity index (χ1v) is 11.9. The van der Waals surface area contributed by atoms with Crippen LogP contribution in [0.5, 0.6) is 0 Å². The van der Waals surface area contributed by atoms with E-state index >= 15 is 0 Å². The van der Waals surface area contributed by atoms with E-state index in [4.69, 9.17) is 4.42 Å². The summed E-state index contributed by atoms with van der Waals surface area (Å²) in [5.41, 5.74) is 0.289. The van der Waals surface area contributed by atoms with Gasteiger partial charge >= 0.3 is 17.9 Å². The second-order valence-corrected chi connectivity index (χ2v) is 9.60. The maximum atomic E-state index is 14.4. The summed E-state index contributed by atoms with van der Waals surface area (Å²) in [6, 6.07) is 8.03. The summed E-state index contributed by atoms with van der Waals surface area (Å²) in [5.74, 6) is -5.46. The zero-order valence-corrected chi connectivity index (χ0v) is 19.6. The molecule has 0 unspecified atom stereocenters. The molecule has 2 heterocycles. The molecule has 0 aliphatic rings. The average molecular weight is 541 g/mol. The number of aromatic nitrogens is 3. The third-order valence-corrected chi connectivity index (χ3v) is 6.04. The maximum absolute atomic E-state index is 14.4. The quantitative estimate of drug-likeness (QED) is 0.349. The van der Waals surface area contributed by atoms with Crippen molar-refractivity contribution in [3.8, 4) is 0 Å². The van der Waals surface area contributed by atoms with Crippen LogP contribution in [0.1, 0.15) is 5.56 Å². The highest BCUT2D eigenvalue weighted by molar-refractivity contribution is 7.90. The Morgan fingerprint density at radius 3 is 2.46 bits per heavy atom. The van der Waals surface area contributed by atoms with Crippen LogP contribution in [-0.2, 0) is 14.6 Å². The predicted molar refractivity (Wildman–Crippen MR) is 121 cm³/mol. The number of halogens is 4. The lowest BCUT2D eigenvalue weighted by Gasteiger charge is -2.11. The molecule has 2 N–H and O–H groups in total. The molecule has 0 saturated carbocycles. The summed E-state index contributed by atoms with van der Waals surface area (Å²) < 4.78 is 80.7. The number of alkyl halides is 3. The van der Waals surface area contributed by atoms with Crippen LogP contribution in [0, 0.1) is 12.7 Å². The number of rotatable bonds is 6. The van der Waals surface area contributed by atoms with Crippen molar-refractivity contribution in [3.05, 3.63) is 64.5 Å². The van der Waals surface area contributed by atoms with Gasteiger partial charge in [0.15, 0.2) is 27.1 Å². The van der Waals surface area contributed by atoms with E-state index in [0.717, 1.165) is 18.5 Å². The number of oxazole rings is 1. The lowest BCUT2D eigenvalue weighted by Crippen LogP contribution is -2.36. The molecule has 0 saturated heterocycles. The molecular weight excluding hydrogens is 526 g/mol. The molecule has 0 radical (unpaired) electrons. The Kier molecular flexibility index (Phi) is 6.37. The van der Waals surface area contributed by atoms with Crippen LogP contribution in [0.2, 0.25) is 0 Å². The molecule has 0 fully saturated rings. The van der Waals surface area contributed by atoms with Crippen molar-refractivity contribution in [1.29, 1.82) is 0 Å². The molecule has 0 spiro atoms. The van der Waals surface area contributed by atoms with Gasteiger partial charge in [0.25, 0.3) is 0 Å². The molecule has 4 rings (SSSR count). The van der Waals surface area contributed by atoms with Gasteiger partial charge in [0, 0.05) is 17.6 Å². The molecule has 2 aromatic carbocycles. The first-order valence-electron chi connectivity index (χ1n) is 10.0. The number of hydrogen-bond donors (Lipinski definition) is 2. The first-order chi connectivity index (χ1) is 17.2. The average Bonchev–Trinajstić information content (AvgIpc) is 3.10. The fraction of sp³-hybridized carbons (Fsp3) is 0.143. The Bertz CT molecular complexity index is 1700. The van der Waals surface area contributed by atoms with Crippen LogP contribution in [0.4, 0.5) is 40.7 Å². The summed E-state index contributed by atoms with van der Waals surface area (Å²) in [6.07, 6.45) is -3.50. The molecular formula is C21H15F4N5O6S. The van der Waals surface area contributed by atoms with Gasteiger partial charge < -0.3 is 19.9 Å². The summed E-state index contributed by atoms with van der Waals surface area (Å²) >= 11 is 0. The van der Waals surface area contributed by atoms with Crippen molar-refractivity contribution in [2.24, 2.45) is 0 Å². The highest BCUT2D eigenvalue weighted by Gasteiger charge is 2.42. The van der Waals surface area contributed by atoms with Crippen molar-refractivity contribution in [3.63, 3.8) is 0 Å². The van der Waals surface area contributed by atoms with Crippen molar-refractivity contribution in [1.82, 2.24) is 14.7 Å². The SMILES string of the molecule is Cc1ccc(Nc2ncc(F)c(Nc3ccc4oc(=O)n(OC(=O)C(F)(F)F)c4c3)n2)cc1S(C)(=O)=O. The number of sulfone groups is 1. The standard InChI is InChI=1S/C21H15F4N5O6S/c1-10-3-4-12(8-16(10)37(2,33)34)28-19-26-9-13(22)17(29-19)27-11-5-6-15-14(7-11)30(20(32)35-15)36-18(31)21(23,24)25/h3-9H,1-2H3,(H2,26,27,28,29). The van der Waals surface area contributed by atoms with Crippen LogP contribution < -0.4 is 21.2 Å². The van der Waals surface area contributed by atoms with Crippen molar-refractivity contribution in [2.75, 3.05) is 16.9 Å². The van der Waals surface area contributed by atoms with Crippen molar-refractivity contribution < 1.29 is 40.0 Å². The molecule has 0 aliphatic carbocycles. The molecule has 0 atom stereocenters. The topological polar surface area (TPSA) is 145 Å². The molecule has 2 aromatic heterocycles. The van der Waals surface area contributed by atoms with Crippen LogP contribution in [0.15, 0.2) is 56.7 Å². The van der Waals surface area contributed by atoms with E-state index in [1.807, 2.05) is 0 Å². The molecule has 11 nitrogen and oxygen atoms in total. The van der Waals surface area contributed by atoms with Gasteiger partial charge in [0.1, 0.15) is 5.52 Å². The van der Waals surface area contributed by atoms with E-state index in [2.05, 4.69) is 25.4 Å². The zero-order valence-electron chi connectivity index (χ0n) is 18.8. The summed E-state index contributed by atoms with van der Waals surface area (Å²) in [4.78, 5) is 35.0. The number of fused-ring (bicyclic) bond motifs is 1. The first kappa shape index (κ1) is 25.6. The molecule has 0 amide bonds. The van der Waals surface area contributed by atoms with E-state index in [1.54, 1.807) is 19.1 Å². The predicted octanol–water partition coefficient (Wildman–Crippen LogP) is 3.24. The van der Waals surface area contributed by atoms with Crippen LogP contribution in [0.3, 0.4) is 0 Å². The number of anilines is 4. The number of nitrogens with zero attached hydrogens (tertiary/aromatic N) is 3. The third-order valence-electron chi connectivity index (χ3n) is 4.80. The van der Waals surface area contributed by atoms with Gasteiger partial charge in [0.05, 0.1) is 11.1 Å². The Morgan fingerprint density at radius 1 is 1.11 bits per heavy atom. The normalized spacial score (nSPS) is 11.9. The number of benzene rings is 2. The molecule has 194 valence electrons. The lowest BCUT2D eigenvalue weighted by atomic mass is 10.2. The van der Waals surface area contributed by atoms with Crippen LogP contribution >= 0.6 is 0 Å².